The maximum Gasteiger partial charge on any atom is 0.323 e. The summed E-state index contributed by atoms with van der Waals surface area (Å²) in [6.07, 6.45) is 1.23. The molecule has 1 unspecified atom stereocenters. The molecule has 1 rings (SSSR count). The van der Waals surface area contributed by atoms with Gasteiger partial charge in [0.2, 0.25) is 0 Å². The van der Waals surface area contributed by atoms with E-state index in [0.29, 0.717) is 6.42 Å². The lowest BCUT2D eigenvalue weighted by atomic mass is 9.97. The summed E-state index contributed by atoms with van der Waals surface area (Å²) in [5.74, 6) is -0.945. The van der Waals surface area contributed by atoms with E-state index < -0.39 is 11.5 Å². The van der Waals surface area contributed by atoms with Crippen molar-refractivity contribution in [3.8, 4) is 0 Å². The molecule has 4 heteroatoms. The lowest BCUT2D eigenvalue weighted by Crippen LogP contribution is -2.45. The number of hydrogen-bond acceptors (Lipinski definition) is 3. The van der Waals surface area contributed by atoms with E-state index in [4.69, 9.17) is 10.8 Å². The topological polar surface area (TPSA) is 66.6 Å². The zero-order chi connectivity index (χ0) is 12.9. The van der Waals surface area contributed by atoms with Crippen molar-refractivity contribution in [1.29, 1.82) is 0 Å². The molecule has 0 saturated heterocycles. The fraction of sp³-hybridized carbons (Fsp3) is 0.462. The minimum atomic E-state index is -1.13. The van der Waals surface area contributed by atoms with Crippen LogP contribution in [0.2, 0.25) is 0 Å². The van der Waals surface area contributed by atoms with Gasteiger partial charge in [0, 0.05) is 19.3 Å². The normalized spacial score (nSPS) is 14.1. The van der Waals surface area contributed by atoms with Crippen LogP contribution in [0.1, 0.15) is 19.8 Å². The van der Waals surface area contributed by atoms with Crippen LogP contribution >= 0.6 is 0 Å². The predicted octanol–water partition coefficient (Wildman–Crippen LogP) is 1.70. The van der Waals surface area contributed by atoms with Gasteiger partial charge in [-0.3, -0.25) is 4.79 Å². The molecule has 0 heterocycles. The number of para-hydroxylation sites is 1. The lowest BCUT2D eigenvalue weighted by molar-refractivity contribution is -0.142. The van der Waals surface area contributed by atoms with Gasteiger partial charge in [-0.05, 0) is 31.9 Å². The van der Waals surface area contributed by atoms with Crippen molar-refractivity contribution in [2.24, 2.45) is 5.73 Å². The lowest BCUT2D eigenvalue weighted by Gasteiger charge is -2.23. The third-order valence-corrected chi connectivity index (χ3v) is 2.88. The van der Waals surface area contributed by atoms with Crippen LogP contribution in [0, 0.1) is 0 Å². The van der Waals surface area contributed by atoms with Gasteiger partial charge in [-0.2, -0.15) is 0 Å². The van der Waals surface area contributed by atoms with E-state index in [9.17, 15) is 4.79 Å². The van der Waals surface area contributed by atoms with Crippen LogP contribution in [0.3, 0.4) is 0 Å². The van der Waals surface area contributed by atoms with Crippen LogP contribution in [0.15, 0.2) is 30.3 Å². The smallest absolute Gasteiger partial charge is 0.323 e. The summed E-state index contributed by atoms with van der Waals surface area (Å²) in [7, 11) is 1.99. The Balaban J connectivity index is 2.40. The number of carbonyl (C=O) groups is 1. The molecule has 1 aromatic carbocycles. The second-order valence-corrected chi connectivity index (χ2v) is 4.58. The van der Waals surface area contributed by atoms with E-state index in [-0.39, 0.29) is 0 Å². The summed E-state index contributed by atoms with van der Waals surface area (Å²) in [5, 5.41) is 8.88. The highest BCUT2D eigenvalue weighted by Crippen LogP contribution is 2.14. The Bertz CT molecular complexity index is 363. The molecule has 0 amide bonds. The van der Waals surface area contributed by atoms with Gasteiger partial charge < -0.3 is 15.7 Å². The first kappa shape index (κ1) is 13.5. The van der Waals surface area contributed by atoms with E-state index >= 15 is 0 Å². The van der Waals surface area contributed by atoms with E-state index in [1.807, 2.05) is 37.4 Å². The second kappa shape index (κ2) is 5.68. The quantitative estimate of drug-likeness (QED) is 0.789. The van der Waals surface area contributed by atoms with Gasteiger partial charge >= 0.3 is 5.97 Å². The minimum Gasteiger partial charge on any atom is -0.480 e. The number of nitrogens with zero attached hydrogens (tertiary/aromatic N) is 1. The Morgan fingerprint density at radius 1 is 1.41 bits per heavy atom. The first-order valence-electron chi connectivity index (χ1n) is 5.72. The van der Waals surface area contributed by atoms with Crippen molar-refractivity contribution >= 4 is 11.7 Å². The molecule has 3 N–H and O–H groups in total. The number of anilines is 1. The average Bonchev–Trinajstić information content (AvgIpc) is 2.29. The number of hydrogen-bond donors (Lipinski definition) is 2. The number of aliphatic carboxylic acids is 1. The first-order valence-corrected chi connectivity index (χ1v) is 5.72. The van der Waals surface area contributed by atoms with Gasteiger partial charge in [0.15, 0.2) is 0 Å². The fourth-order valence-electron chi connectivity index (χ4n) is 1.60. The molecule has 94 valence electrons. The number of carboxylic acid groups (broad SMARTS) is 1. The van der Waals surface area contributed by atoms with Gasteiger partial charge in [-0.25, -0.2) is 0 Å². The fourth-order valence-corrected chi connectivity index (χ4v) is 1.60. The predicted molar refractivity (Wildman–Crippen MR) is 69.2 cm³/mol. The van der Waals surface area contributed by atoms with E-state index in [1.54, 1.807) is 6.92 Å². The first-order chi connectivity index (χ1) is 7.93. The third kappa shape index (κ3) is 4.07. The summed E-state index contributed by atoms with van der Waals surface area (Å²) in [6.45, 7) is 2.35. The SMILES string of the molecule is CN(CCCC(C)(N)C(=O)O)c1ccccc1. The molecule has 0 aliphatic carbocycles. The van der Waals surface area contributed by atoms with Gasteiger partial charge in [-0.1, -0.05) is 18.2 Å². The average molecular weight is 236 g/mol. The standard InChI is InChI=1S/C13H20N2O2/c1-13(14,12(16)17)9-6-10-15(2)11-7-4-3-5-8-11/h3-5,7-8H,6,9-10,14H2,1-2H3,(H,16,17). The molecule has 17 heavy (non-hydrogen) atoms. The molecule has 0 bridgehead atoms. The molecule has 0 spiro atoms. The van der Waals surface area contributed by atoms with E-state index in [1.165, 1.54) is 0 Å². The molecule has 0 aromatic heterocycles. The van der Waals surface area contributed by atoms with Crippen LogP contribution in [-0.4, -0.2) is 30.2 Å². The Morgan fingerprint density at radius 2 is 2.00 bits per heavy atom. The summed E-state index contributed by atoms with van der Waals surface area (Å²) >= 11 is 0. The molecule has 0 radical (unpaired) electrons. The third-order valence-electron chi connectivity index (χ3n) is 2.88. The van der Waals surface area contributed by atoms with Gasteiger partial charge in [0.25, 0.3) is 0 Å². The van der Waals surface area contributed by atoms with Crippen molar-refractivity contribution in [3.05, 3.63) is 30.3 Å². The molecule has 0 aliphatic heterocycles. The highest BCUT2D eigenvalue weighted by Gasteiger charge is 2.26. The van der Waals surface area contributed by atoms with Crippen LogP contribution < -0.4 is 10.6 Å². The summed E-state index contributed by atoms with van der Waals surface area (Å²) < 4.78 is 0. The van der Waals surface area contributed by atoms with Crippen molar-refractivity contribution < 1.29 is 9.90 Å². The minimum absolute atomic E-state index is 0.472. The number of benzene rings is 1. The zero-order valence-electron chi connectivity index (χ0n) is 10.4. The van der Waals surface area contributed by atoms with Crippen LogP contribution in [0.5, 0.6) is 0 Å². The maximum atomic E-state index is 10.8. The maximum absolute atomic E-state index is 10.8. The van der Waals surface area contributed by atoms with Gasteiger partial charge in [-0.15, -0.1) is 0 Å². The summed E-state index contributed by atoms with van der Waals surface area (Å²) in [4.78, 5) is 12.9. The molecule has 0 aliphatic rings. The molecule has 0 saturated carbocycles. The second-order valence-electron chi connectivity index (χ2n) is 4.58. The monoisotopic (exact) mass is 236 g/mol. The van der Waals surface area contributed by atoms with Crippen molar-refractivity contribution in [2.75, 3.05) is 18.5 Å². The molecule has 0 fully saturated rings. The summed E-state index contributed by atoms with van der Waals surface area (Å²) in [6, 6.07) is 9.99. The Kier molecular flexibility index (Phi) is 4.52. The van der Waals surface area contributed by atoms with E-state index in [2.05, 4.69) is 4.90 Å². The largest absolute Gasteiger partial charge is 0.480 e. The van der Waals surface area contributed by atoms with Crippen molar-refractivity contribution in [1.82, 2.24) is 0 Å². The van der Waals surface area contributed by atoms with Gasteiger partial charge in [0.1, 0.15) is 5.54 Å². The number of rotatable bonds is 6. The molecule has 1 aromatic rings. The Hall–Kier alpha value is -1.55. The summed E-state index contributed by atoms with van der Waals surface area (Å²) in [5.41, 5.74) is 5.67. The Labute approximate surface area is 102 Å². The van der Waals surface area contributed by atoms with Crippen LogP contribution in [-0.2, 0) is 4.79 Å². The van der Waals surface area contributed by atoms with Crippen LogP contribution in [0.4, 0.5) is 5.69 Å². The van der Waals surface area contributed by atoms with E-state index in [0.717, 1.165) is 18.7 Å². The highest BCUT2D eigenvalue weighted by molar-refractivity contribution is 5.77. The number of carboxylic acids is 1. The number of nitrogens with two attached hydrogens (primary N) is 1. The Morgan fingerprint density at radius 3 is 2.53 bits per heavy atom. The van der Waals surface area contributed by atoms with Gasteiger partial charge in [0.05, 0.1) is 0 Å². The molecule has 4 nitrogen and oxygen atoms in total. The van der Waals surface area contributed by atoms with Crippen LogP contribution in [0.25, 0.3) is 0 Å². The van der Waals surface area contributed by atoms with Crippen molar-refractivity contribution in [3.63, 3.8) is 0 Å². The molecular weight excluding hydrogens is 216 g/mol. The molecule has 1 atom stereocenters. The molecular formula is C13H20N2O2. The zero-order valence-corrected chi connectivity index (χ0v) is 10.4. The highest BCUT2D eigenvalue weighted by atomic mass is 16.4. The van der Waals surface area contributed by atoms with Crippen molar-refractivity contribution in [2.45, 2.75) is 25.3 Å².